The highest BCUT2D eigenvalue weighted by Crippen LogP contribution is 2.40. The van der Waals surface area contributed by atoms with E-state index in [1.165, 1.54) is 12.0 Å². The summed E-state index contributed by atoms with van der Waals surface area (Å²) in [5.74, 6) is 0.730. The Hall–Kier alpha value is -0.570. The highest BCUT2D eigenvalue weighted by Gasteiger charge is 2.37. The normalized spacial score (nSPS) is 23.3. The maximum Gasteiger partial charge on any atom is 0.0587 e. The lowest BCUT2D eigenvalue weighted by atomic mass is 10.1. The van der Waals surface area contributed by atoms with Gasteiger partial charge in [0.1, 0.15) is 0 Å². The number of halogens is 1. The minimum atomic E-state index is 0. The lowest BCUT2D eigenvalue weighted by molar-refractivity contribution is 0.199. The maximum atomic E-state index is 5.00. The van der Waals surface area contributed by atoms with Crippen molar-refractivity contribution in [1.82, 2.24) is 5.32 Å². The van der Waals surface area contributed by atoms with Crippen LogP contribution in [0.25, 0.3) is 0 Å². The third-order valence-corrected chi connectivity index (χ3v) is 2.73. The monoisotopic (exact) mass is 227 g/mol. The van der Waals surface area contributed by atoms with Crippen LogP contribution in [0.1, 0.15) is 17.9 Å². The number of hydrogen-bond donors (Lipinski definition) is 1. The van der Waals surface area contributed by atoms with Gasteiger partial charge in [-0.3, -0.25) is 0 Å². The zero-order chi connectivity index (χ0) is 9.80. The van der Waals surface area contributed by atoms with Crippen LogP contribution in [0, 0.1) is 0 Å². The van der Waals surface area contributed by atoms with Crippen molar-refractivity contribution in [3.63, 3.8) is 0 Å². The molecule has 0 amide bonds. The first-order chi connectivity index (χ1) is 6.92. The highest BCUT2D eigenvalue weighted by atomic mass is 35.5. The molecule has 2 atom stereocenters. The molecule has 1 fully saturated rings. The molecule has 1 aromatic rings. The van der Waals surface area contributed by atoms with Crippen molar-refractivity contribution >= 4 is 12.4 Å². The van der Waals surface area contributed by atoms with Gasteiger partial charge >= 0.3 is 0 Å². The Morgan fingerprint density at radius 3 is 2.73 bits per heavy atom. The molecule has 0 heterocycles. The Labute approximate surface area is 97.4 Å². The summed E-state index contributed by atoms with van der Waals surface area (Å²) in [7, 11) is 1.74. The average Bonchev–Trinajstić information content (AvgIpc) is 2.99. The quantitative estimate of drug-likeness (QED) is 0.779. The van der Waals surface area contributed by atoms with Gasteiger partial charge in [-0.25, -0.2) is 0 Å². The Morgan fingerprint density at radius 2 is 2.07 bits per heavy atom. The van der Waals surface area contributed by atoms with Crippen molar-refractivity contribution < 1.29 is 4.74 Å². The van der Waals surface area contributed by atoms with E-state index in [0.29, 0.717) is 6.04 Å². The van der Waals surface area contributed by atoms with Crippen molar-refractivity contribution in [1.29, 1.82) is 0 Å². The predicted octanol–water partition coefficient (Wildman–Crippen LogP) is 2.20. The summed E-state index contributed by atoms with van der Waals surface area (Å²) in [6.45, 7) is 1.77. The molecule has 0 radical (unpaired) electrons. The van der Waals surface area contributed by atoms with Gasteiger partial charge in [-0.1, -0.05) is 30.3 Å². The molecule has 1 saturated carbocycles. The topological polar surface area (TPSA) is 21.3 Å². The van der Waals surface area contributed by atoms with E-state index in [9.17, 15) is 0 Å². The van der Waals surface area contributed by atoms with E-state index in [-0.39, 0.29) is 12.4 Å². The first-order valence-corrected chi connectivity index (χ1v) is 5.19. The van der Waals surface area contributed by atoms with Crippen LogP contribution in [0.2, 0.25) is 0 Å². The molecule has 1 aromatic carbocycles. The Kier molecular flexibility index (Phi) is 5.09. The largest absolute Gasteiger partial charge is 0.383 e. The van der Waals surface area contributed by atoms with Crippen molar-refractivity contribution in [2.45, 2.75) is 18.4 Å². The number of benzene rings is 1. The van der Waals surface area contributed by atoms with Crippen molar-refractivity contribution in [3.05, 3.63) is 35.9 Å². The third-order valence-electron chi connectivity index (χ3n) is 2.73. The summed E-state index contributed by atoms with van der Waals surface area (Å²) in [5, 5.41) is 3.48. The fourth-order valence-corrected chi connectivity index (χ4v) is 1.84. The molecule has 1 aliphatic carbocycles. The van der Waals surface area contributed by atoms with Crippen molar-refractivity contribution in [3.8, 4) is 0 Å². The van der Waals surface area contributed by atoms with Crippen LogP contribution in [0.15, 0.2) is 30.3 Å². The van der Waals surface area contributed by atoms with Crippen LogP contribution >= 0.6 is 12.4 Å². The van der Waals surface area contributed by atoms with Gasteiger partial charge in [0.05, 0.1) is 6.61 Å². The fourth-order valence-electron chi connectivity index (χ4n) is 1.84. The SMILES string of the molecule is COCCNC1CC1c1ccccc1.Cl. The van der Waals surface area contributed by atoms with E-state index in [1.54, 1.807) is 7.11 Å². The van der Waals surface area contributed by atoms with Gasteiger partial charge in [0.15, 0.2) is 0 Å². The van der Waals surface area contributed by atoms with Crippen molar-refractivity contribution in [2.75, 3.05) is 20.3 Å². The average molecular weight is 228 g/mol. The molecule has 15 heavy (non-hydrogen) atoms. The third kappa shape index (κ3) is 3.49. The second kappa shape index (κ2) is 6.11. The summed E-state index contributed by atoms with van der Waals surface area (Å²) >= 11 is 0. The zero-order valence-corrected chi connectivity index (χ0v) is 9.80. The Bertz CT molecular complexity index is 278. The van der Waals surface area contributed by atoms with Gasteiger partial charge in [-0.2, -0.15) is 0 Å². The molecule has 2 nitrogen and oxygen atoms in total. The molecule has 0 saturated heterocycles. The zero-order valence-electron chi connectivity index (χ0n) is 8.98. The molecule has 1 aliphatic rings. The molecule has 0 aromatic heterocycles. The van der Waals surface area contributed by atoms with E-state index in [2.05, 4.69) is 35.6 Å². The minimum Gasteiger partial charge on any atom is -0.383 e. The standard InChI is InChI=1S/C12H17NO.ClH/c1-14-8-7-13-12-9-11(12)10-5-3-2-4-6-10;/h2-6,11-13H,7-9H2,1H3;1H. The molecule has 2 unspecified atom stereocenters. The molecule has 0 spiro atoms. The summed E-state index contributed by atoms with van der Waals surface area (Å²) in [6, 6.07) is 11.4. The van der Waals surface area contributed by atoms with E-state index in [4.69, 9.17) is 4.74 Å². The number of methoxy groups -OCH3 is 1. The molecule has 2 rings (SSSR count). The molecule has 84 valence electrons. The number of hydrogen-bond acceptors (Lipinski definition) is 2. The summed E-state index contributed by atoms with van der Waals surface area (Å²) in [5.41, 5.74) is 1.46. The number of ether oxygens (including phenoxy) is 1. The molecule has 0 aliphatic heterocycles. The number of nitrogens with one attached hydrogen (secondary N) is 1. The van der Waals surface area contributed by atoms with Crippen LogP contribution in [0.5, 0.6) is 0 Å². The lowest BCUT2D eigenvalue weighted by Crippen LogP contribution is -2.22. The summed E-state index contributed by atoms with van der Waals surface area (Å²) in [6.07, 6.45) is 1.27. The molecule has 1 N–H and O–H groups in total. The van der Waals surface area contributed by atoms with Gasteiger partial charge in [0.25, 0.3) is 0 Å². The fraction of sp³-hybridized carbons (Fsp3) is 0.500. The smallest absolute Gasteiger partial charge is 0.0587 e. The second-order valence-electron chi connectivity index (χ2n) is 3.81. The van der Waals surface area contributed by atoms with Gasteiger partial charge < -0.3 is 10.1 Å². The van der Waals surface area contributed by atoms with Gasteiger partial charge in [-0.15, -0.1) is 12.4 Å². The van der Waals surface area contributed by atoms with E-state index >= 15 is 0 Å². The van der Waals surface area contributed by atoms with Crippen LogP contribution in [-0.2, 0) is 4.74 Å². The van der Waals surface area contributed by atoms with E-state index in [0.717, 1.165) is 19.1 Å². The highest BCUT2D eigenvalue weighted by molar-refractivity contribution is 5.85. The number of rotatable bonds is 5. The van der Waals surface area contributed by atoms with Gasteiger partial charge in [-0.05, 0) is 12.0 Å². The molecule has 3 heteroatoms. The Morgan fingerprint density at radius 1 is 1.33 bits per heavy atom. The summed E-state index contributed by atoms with van der Waals surface area (Å²) < 4.78 is 5.00. The first-order valence-electron chi connectivity index (χ1n) is 5.19. The van der Waals surface area contributed by atoms with Gasteiger partial charge in [0.2, 0.25) is 0 Å². The van der Waals surface area contributed by atoms with Gasteiger partial charge in [0, 0.05) is 25.6 Å². The first kappa shape index (κ1) is 12.5. The van der Waals surface area contributed by atoms with E-state index in [1.807, 2.05) is 0 Å². The van der Waals surface area contributed by atoms with Crippen LogP contribution in [0.4, 0.5) is 0 Å². The van der Waals surface area contributed by atoms with Crippen LogP contribution in [-0.4, -0.2) is 26.3 Å². The van der Waals surface area contributed by atoms with Crippen LogP contribution < -0.4 is 5.32 Å². The molecular weight excluding hydrogens is 210 g/mol. The van der Waals surface area contributed by atoms with Crippen molar-refractivity contribution in [2.24, 2.45) is 0 Å². The Balaban J connectivity index is 0.00000112. The minimum absolute atomic E-state index is 0. The maximum absolute atomic E-state index is 5.00. The second-order valence-corrected chi connectivity index (χ2v) is 3.81. The van der Waals surface area contributed by atoms with Crippen LogP contribution in [0.3, 0.4) is 0 Å². The molecule has 0 bridgehead atoms. The summed E-state index contributed by atoms with van der Waals surface area (Å²) in [4.78, 5) is 0. The van der Waals surface area contributed by atoms with E-state index < -0.39 is 0 Å². The predicted molar refractivity (Wildman–Crippen MR) is 64.7 cm³/mol. The lowest BCUT2D eigenvalue weighted by Gasteiger charge is -2.02. The molecular formula is C12H18ClNO.